The number of ether oxygens (including phenoxy) is 1. The number of carbonyl (C=O) groups excluding carboxylic acids is 1. The van der Waals surface area contributed by atoms with Crippen molar-refractivity contribution in [1.29, 1.82) is 0 Å². The molecule has 2 rings (SSSR count). The average molecular weight is 349 g/mol. The SMILES string of the molecule is CC(C)COc1ccccc1C(=O)NC(=S)N(C)C1CCCCC1. The highest BCUT2D eigenvalue weighted by atomic mass is 32.1. The number of nitrogens with one attached hydrogen (secondary N) is 1. The van der Waals surface area contributed by atoms with Gasteiger partial charge in [-0.2, -0.15) is 0 Å². The lowest BCUT2D eigenvalue weighted by molar-refractivity contribution is 0.0967. The normalized spacial score (nSPS) is 15.2. The molecule has 24 heavy (non-hydrogen) atoms. The van der Waals surface area contributed by atoms with E-state index in [2.05, 4.69) is 19.2 Å². The van der Waals surface area contributed by atoms with E-state index in [1.807, 2.05) is 30.1 Å². The van der Waals surface area contributed by atoms with Crippen molar-refractivity contribution >= 4 is 23.2 Å². The summed E-state index contributed by atoms with van der Waals surface area (Å²) < 4.78 is 5.76. The molecule has 1 saturated carbocycles. The van der Waals surface area contributed by atoms with Gasteiger partial charge in [0.15, 0.2) is 5.11 Å². The number of amides is 1. The molecule has 0 radical (unpaired) electrons. The smallest absolute Gasteiger partial charge is 0.261 e. The maximum atomic E-state index is 12.6. The van der Waals surface area contributed by atoms with Gasteiger partial charge in [-0.1, -0.05) is 45.2 Å². The number of rotatable bonds is 5. The van der Waals surface area contributed by atoms with Crippen LogP contribution in [0.3, 0.4) is 0 Å². The summed E-state index contributed by atoms with van der Waals surface area (Å²) in [4.78, 5) is 14.6. The lowest BCUT2D eigenvalue weighted by Crippen LogP contribution is -2.46. The first-order chi connectivity index (χ1) is 11.5. The molecule has 1 aliphatic rings. The predicted molar refractivity (Wildman–Crippen MR) is 101 cm³/mol. The number of benzene rings is 1. The van der Waals surface area contributed by atoms with Crippen LogP contribution in [0, 0.1) is 5.92 Å². The fourth-order valence-corrected chi connectivity index (χ4v) is 3.17. The van der Waals surface area contributed by atoms with Crippen molar-refractivity contribution in [2.75, 3.05) is 13.7 Å². The first-order valence-electron chi connectivity index (χ1n) is 8.79. The van der Waals surface area contributed by atoms with Gasteiger partial charge < -0.3 is 9.64 Å². The highest BCUT2D eigenvalue weighted by Gasteiger charge is 2.22. The van der Waals surface area contributed by atoms with Crippen molar-refractivity contribution in [2.45, 2.75) is 52.0 Å². The molecule has 0 spiro atoms. The molecule has 0 aromatic heterocycles. The Hall–Kier alpha value is -1.62. The Kier molecular flexibility index (Phi) is 7.03. The first kappa shape index (κ1) is 18.7. The van der Waals surface area contributed by atoms with Crippen molar-refractivity contribution in [3.63, 3.8) is 0 Å². The van der Waals surface area contributed by atoms with Crippen LogP contribution in [0.4, 0.5) is 0 Å². The molecule has 4 nitrogen and oxygen atoms in total. The summed E-state index contributed by atoms with van der Waals surface area (Å²) in [5, 5.41) is 3.35. The third-order valence-corrected chi connectivity index (χ3v) is 4.76. The molecule has 0 aliphatic heterocycles. The Balaban J connectivity index is 1.99. The summed E-state index contributed by atoms with van der Waals surface area (Å²) in [5.41, 5.74) is 0.526. The molecule has 1 aromatic rings. The molecule has 5 heteroatoms. The fraction of sp³-hybridized carbons (Fsp3) is 0.579. The zero-order valence-electron chi connectivity index (χ0n) is 14.9. The van der Waals surface area contributed by atoms with Gasteiger partial charge in [0, 0.05) is 13.1 Å². The van der Waals surface area contributed by atoms with E-state index in [0.717, 1.165) is 12.8 Å². The molecule has 0 heterocycles. The molecule has 1 amide bonds. The molecule has 1 fully saturated rings. The summed E-state index contributed by atoms with van der Waals surface area (Å²) in [6.45, 7) is 4.74. The number of hydrogen-bond donors (Lipinski definition) is 1. The van der Waals surface area contributed by atoms with Gasteiger partial charge >= 0.3 is 0 Å². The molecular formula is C19H28N2O2S. The maximum Gasteiger partial charge on any atom is 0.261 e. The minimum Gasteiger partial charge on any atom is -0.492 e. The van der Waals surface area contributed by atoms with Crippen LogP contribution in [0.2, 0.25) is 0 Å². The van der Waals surface area contributed by atoms with Gasteiger partial charge in [-0.15, -0.1) is 0 Å². The van der Waals surface area contributed by atoms with Gasteiger partial charge in [0.2, 0.25) is 0 Å². The largest absolute Gasteiger partial charge is 0.492 e. The second kappa shape index (κ2) is 9.02. The number of thiocarbonyl (C=S) groups is 1. The second-order valence-corrected chi connectivity index (χ2v) is 7.25. The van der Waals surface area contributed by atoms with Crippen molar-refractivity contribution in [3.8, 4) is 5.75 Å². The van der Waals surface area contributed by atoms with E-state index in [1.165, 1.54) is 19.3 Å². The molecular weight excluding hydrogens is 320 g/mol. The van der Waals surface area contributed by atoms with E-state index in [1.54, 1.807) is 6.07 Å². The minimum absolute atomic E-state index is 0.206. The van der Waals surface area contributed by atoms with Gasteiger partial charge in [0.1, 0.15) is 5.75 Å². The van der Waals surface area contributed by atoms with Crippen LogP contribution >= 0.6 is 12.2 Å². The summed E-state index contributed by atoms with van der Waals surface area (Å²) in [6.07, 6.45) is 6.04. The number of hydrogen-bond acceptors (Lipinski definition) is 3. The van der Waals surface area contributed by atoms with Gasteiger partial charge in [-0.05, 0) is 43.1 Å². The minimum atomic E-state index is -0.206. The monoisotopic (exact) mass is 348 g/mol. The van der Waals surface area contributed by atoms with E-state index in [-0.39, 0.29) is 5.91 Å². The van der Waals surface area contributed by atoms with Crippen LogP contribution in [0.5, 0.6) is 5.75 Å². The van der Waals surface area contributed by atoms with Crippen molar-refractivity contribution in [3.05, 3.63) is 29.8 Å². The summed E-state index contributed by atoms with van der Waals surface area (Å²) in [7, 11) is 1.97. The zero-order chi connectivity index (χ0) is 17.5. The van der Waals surface area contributed by atoms with Crippen LogP contribution in [-0.2, 0) is 0 Å². The van der Waals surface area contributed by atoms with Crippen LogP contribution in [0.25, 0.3) is 0 Å². The molecule has 1 N–H and O–H groups in total. The Morgan fingerprint density at radius 1 is 1.29 bits per heavy atom. The van der Waals surface area contributed by atoms with E-state index in [9.17, 15) is 4.79 Å². The maximum absolute atomic E-state index is 12.6. The van der Waals surface area contributed by atoms with E-state index in [4.69, 9.17) is 17.0 Å². The van der Waals surface area contributed by atoms with E-state index < -0.39 is 0 Å². The third-order valence-electron chi connectivity index (χ3n) is 4.37. The van der Waals surface area contributed by atoms with Crippen LogP contribution in [0.15, 0.2) is 24.3 Å². The summed E-state index contributed by atoms with van der Waals surface area (Å²) in [6, 6.07) is 7.74. The number of para-hydroxylation sites is 1. The standard InChI is InChI=1S/C19H28N2O2S/c1-14(2)13-23-17-12-8-7-11-16(17)18(22)20-19(24)21(3)15-9-5-4-6-10-15/h7-8,11-12,14-15H,4-6,9-10,13H2,1-3H3,(H,20,22,24). The van der Waals surface area contributed by atoms with Crippen LogP contribution in [-0.4, -0.2) is 35.6 Å². The van der Waals surface area contributed by atoms with Crippen molar-refractivity contribution in [1.82, 2.24) is 10.2 Å². The molecule has 132 valence electrons. The quantitative estimate of drug-likeness (QED) is 0.817. The van der Waals surface area contributed by atoms with Gasteiger partial charge in [-0.25, -0.2) is 0 Å². The van der Waals surface area contributed by atoms with Gasteiger partial charge in [-0.3, -0.25) is 10.1 Å². The molecule has 0 saturated heterocycles. The Morgan fingerprint density at radius 3 is 2.62 bits per heavy atom. The topological polar surface area (TPSA) is 41.6 Å². The second-order valence-electron chi connectivity index (χ2n) is 6.86. The average Bonchev–Trinajstić information content (AvgIpc) is 2.60. The van der Waals surface area contributed by atoms with Crippen LogP contribution in [0.1, 0.15) is 56.3 Å². The third kappa shape index (κ3) is 5.20. The lowest BCUT2D eigenvalue weighted by atomic mass is 9.95. The highest BCUT2D eigenvalue weighted by Crippen LogP contribution is 2.22. The fourth-order valence-electron chi connectivity index (χ4n) is 2.92. The molecule has 0 unspecified atom stereocenters. The molecule has 0 bridgehead atoms. The first-order valence-corrected chi connectivity index (χ1v) is 9.20. The van der Waals surface area contributed by atoms with E-state index >= 15 is 0 Å². The van der Waals surface area contributed by atoms with Crippen molar-refractivity contribution in [2.24, 2.45) is 5.92 Å². The van der Waals surface area contributed by atoms with Gasteiger partial charge in [0.25, 0.3) is 5.91 Å². The van der Waals surface area contributed by atoms with Gasteiger partial charge in [0.05, 0.1) is 12.2 Å². The van der Waals surface area contributed by atoms with Crippen molar-refractivity contribution < 1.29 is 9.53 Å². The van der Waals surface area contributed by atoms with Crippen LogP contribution < -0.4 is 10.1 Å². The Labute approximate surface area is 150 Å². The highest BCUT2D eigenvalue weighted by molar-refractivity contribution is 7.80. The molecule has 0 atom stereocenters. The number of nitrogens with zero attached hydrogens (tertiary/aromatic N) is 1. The Bertz CT molecular complexity index is 568. The molecule has 1 aromatic carbocycles. The summed E-state index contributed by atoms with van der Waals surface area (Å²) >= 11 is 5.44. The van der Waals surface area contributed by atoms with E-state index in [0.29, 0.717) is 35.0 Å². The zero-order valence-corrected chi connectivity index (χ0v) is 15.7. The number of carbonyl (C=O) groups is 1. The Morgan fingerprint density at radius 2 is 1.96 bits per heavy atom. The lowest BCUT2D eigenvalue weighted by Gasteiger charge is -2.32. The summed E-state index contributed by atoms with van der Waals surface area (Å²) in [5.74, 6) is 0.800. The molecule has 1 aliphatic carbocycles. The predicted octanol–water partition coefficient (Wildman–Crippen LogP) is 4.00.